The van der Waals surface area contributed by atoms with Gasteiger partial charge in [-0.2, -0.15) is 61.5 Å². The molecule has 0 bridgehead atoms. The first-order valence-corrected chi connectivity index (χ1v) is 5.89. The Morgan fingerprint density at radius 1 is 0.519 bits per heavy atom. The van der Waals surface area contributed by atoms with Gasteiger partial charge in [-0.25, -0.2) is 8.78 Å². The van der Waals surface area contributed by atoms with E-state index in [0.29, 0.717) is 0 Å². The summed E-state index contributed by atoms with van der Waals surface area (Å²) in [6.45, 7) is 0. The Kier molecular flexibility index (Phi) is 6.64. The molecule has 0 rings (SSSR count). The van der Waals surface area contributed by atoms with E-state index in [4.69, 9.17) is 0 Å². The van der Waals surface area contributed by atoms with Crippen molar-refractivity contribution in [3.05, 3.63) is 24.3 Å². The molecule has 27 heavy (non-hydrogen) atoms. The lowest BCUT2D eigenvalue weighted by Crippen LogP contribution is -2.67. The molecular weight excluding hydrogens is 436 g/mol. The third kappa shape index (κ3) is 4.80. The van der Waals surface area contributed by atoms with Crippen molar-refractivity contribution in [1.29, 1.82) is 0 Å². The highest BCUT2D eigenvalue weighted by Gasteiger charge is 2.86. The van der Waals surface area contributed by atoms with E-state index in [1.165, 1.54) is 0 Å². The first-order chi connectivity index (χ1) is 11.5. The predicted octanol–water partition coefficient (Wildman–Crippen LogP) is 6.75. The Morgan fingerprint density at radius 3 is 1.22 bits per heavy atom. The highest BCUT2D eigenvalue weighted by Crippen LogP contribution is 2.59. The summed E-state index contributed by atoms with van der Waals surface area (Å²) in [4.78, 5) is 0. The van der Waals surface area contributed by atoms with Crippen LogP contribution >= 0.6 is 0 Å². The summed E-state index contributed by atoms with van der Waals surface area (Å²) >= 11 is 0. The van der Waals surface area contributed by atoms with Crippen LogP contribution in [-0.4, -0.2) is 35.5 Å². The van der Waals surface area contributed by atoms with E-state index >= 15 is 0 Å². The van der Waals surface area contributed by atoms with Crippen molar-refractivity contribution in [2.45, 2.75) is 42.0 Å². The van der Waals surface area contributed by atoms with E-state index in [1.54, 1.807) is 0 Å². The first-order valence-electron chi connectivity index (χ1n) is 5.89. The lowest BCUT2D eigenvalue weighted by Gasteiger charge is -2.39. The van der Waals surface area contributed by atoms with Gasteiger partial charge >= 0.3 is 29.6 Å². The normalized spacial score (nSPS) is 14.8. The molecule has 0 fully saturated rings. The van der Waals surface area contributed by atoms with Crippen LogP contribution in [0.4, 0.5) is 70.2 Å². The molecule has 0 heterocycles. The molecule has 0 aliphatic carbocycles. The van der Waals surface area contributed by atoms with Gasteiger partial charge in [-0.3, -0.25) is 0 Å². The number of alkyl halides is 12. The number of halogens is 16. The highest BCUT2D eigenvalue weighted by atomic mass is 19.4. The summed E-state index contributed by atoms with van der Waals surface area (Å²) in [5, 5.41) is 0. The molecule has 16 heteroatoms. The Hall–Kier alpha value is -1.64. The zero-order chi connectivity index (χ0) is 22.3. The SMILES string of the molecule is FC(F)=CC(F)(F)CC(F)(F)C(F)(F)C(F)(F)C(F)(F)C(F)(F)C=C(F)F. The Bertz CT molecular complexity index is 589. The van der Waals surface area contributed by atoms with Gasteiger partial charge in [0.2, 0.25) is 0 Å². The van der Waals surface area contributed by atoms with E-state index in [2.05, 4.69) is 0 Å². The lowest BCUT2D eigenvalue weighted by atomic mass is 9.91. The second kappa shape index (κ2) is 7.07. The lowest BCUT2D eigenvalue weighted by molar-refractivity contribution is -0.398. The minimum absolute atomic E-state index is 1.71. The third-order valence-electron chi connectivity index (χ3n) is 2.74. The average molecular weight is 440 g/mol. The molecule has 0 amide bonds. The number of hydrogen-bond donors (Lipinski definition) is 0. The maximum atomic E-state index is 13.1. The van der Waals surface area contributed by atoms with Crippen LogP contribution < -0.4 is 0 Å². The van der Waals surface area contributed by atoms with E-state index in [0.717, 1.165) is 0 Å². The van der Waals surface area contributed by atoms with Crippen molar-refractivity contribution in [1.82, 2.24) is 0 Å². The van der Waals surface area contributed by atoms with Crippen molar-refractivity contribution >= 4 is 0 Å². The maximum absolute atomic E-state index is 13.1. The van der Waals surface area contributed by atoms with Crippen molar-refractivity contribution < 1.29 is 70.2 Å². The monoisotopic (exact) mass is 440 g/mol. The molecule has 0 spiro atoms. The average Bonchev–Trinajstić information content (AvgIpc) is 2.32. The summed E-state index contributed by atoms with van der Waals surface area (Å²) in [7, 11) is 0. The molecule has 0 aromatic carbocycles. The molecule has 0 aliphatic heterocycles. The Balaban J connectivity index is 6.23. The Labute approximate surface area is 138 Å². The summed E-state index contributed by atoms with van der Waals surface area (Å²) < 4.78 is 202. The fourth-order valence-corrected chi connectivity index (χ4v) is 1.48. The minimum Gasteiger partial charge on any atom is -0.202 e. The van der Waals surface area contributed by atoms with E-state index < -0.39 is 66.3 Å². The van der Waals surface area contributed by atoms with Crippen LogP contribution in [0.5, 0.6) is 0 Å². The van der Waals surface area contributed by atoms with Crippen molar-refractivity contribution in [2.24, 2.45) is 0 Å². The van der Waals surface area contributed by atoms with Crippen LogP contribution in [0.2, 0.25) is 0 Å². The molecule has 0 saturated heterocycles. The second-order valence-electron chi connectivity index (χ2n) is 4.86. The molecule has 0 atom stereocenters. The number of allylic oxidation sites excluding steroid dienone is 2. The largest absolute Gasteiger partial charge is 0.384 e. The summed E-state index contributed by atoms with van der Waals surface area (Å²) in [5.41, 5.74) is 0. The number of hydrogen-bond acceptors (Lipinski definition) is 0. The van der Waals surface area contributed by atoms with Gasteiger partial charge in [0.25, 0.3) is 18.1 Å². The smallest absolute Gasteiger partial charge is 0.202 e. The van der Waals surface area contributed by atoms with Crippen LogP contribution in [0, 0.1) is 0 Å². The fraction of sp³-hybridized carbons (Fsp3) is 0.636. The van der Waals surface area contributed by atoms with E-state index in [9.17, 15) is 70.2 Å². The fourth-order valence-electron chi connectivity index (χ4n) is 1.48. The van der Waals surface area contributed by atoms with Crippen molar-refractivity contribution in [2.75, 3.05) is 0 Å². The molecule has 0 saturated carbocycles. The van der Waals surface area contributed by atoms with Crippen LogP contribution in [-0.2, 0) is 0 Å². The summed E-state index contributed by atoms with van der Waals surface area (Å²) in [6.07, 6.45) is -15.1. The van der Waals surface area contributed by atoms with Crippen molar-refractivity contribution in [3.63, 3.8) is 0 Å². The van der Waals surface area contributed by atoms with Gasteiger partial charge in [0.1, 0.15) is 0 Å². The van der Waals surface area contributed by atoms with E-state index in [-0.39, 0.29) is 0 Å². The molecule has 0 aromatic rings. The second-order valence-corrected chi connectivity index (χ2v) is 4.86. The zero-order valence-electron chi connectivity index (χ0n) is 11.9. The van der Waals surface area contributed by atoms with Gasteiger partial charge in [0.05, 0.1) is 12.5 Å². The van der Waals surface area contributed by atoms with Crippen LogP contribution in [0.25, 0.3) is 0 Å². The molecular formula is C11H4F16. The molecule has 160 valence electrons. The van der Waals surface area contributed by atoms with Crippen LogP contribution in [0.1, 0.15) is 6.42 Å². The highest BCUT2D eigenvalue weighted by molar-refractivity contribution is 5.15. The molecule has 0 nitrogen and oxygen atoms in total. The van der Waals surface area contributed by atoms with Gasteiger partial charge in [0, 0.05) is 6.08 Å². The summed E-state index contributed by atoms with van der Waals surface area (Å²) in [6, 6.07) is 0. The van der Waals surface area contributed by atoms with Gasteiger partial charge in [0.15, 0.2) is 0 Å². The van der Waals surface area contributed by atoms with Gasteiger partial charge in [-0.15, -0.1) is 0 Å². The van der Waals surface area contributed by atoms with Gasteiger partial charge < -0.3 is 0 Å². The van der Waals surface area contributed by atoms with Crippen LogP contribution in [0.15, 0.2) is 24.3 Å². The quantitative estimate of drug-likeness (QED) is 0.367. The van der Waals surface area contributed by atoms with Gasteiger partial charge in [-0.05, 0) is 0 Å². The van der Waals surface area contributed by atoms with Gasteiger partial charge in [-0.1, -0.05) is 0 Å². The minimum atomic E-state index is -7.88. The summed E-state index contributed by atoms with van der Waals surface area (Å²) in [5.74, 6) is -42.7. The molecule has 0 aliphatic rings. The maximum Gasteiger partial charge on any atom is 0.384 e. The standard InChI is InChI=1S/C11H4F16/c12-4(13)1-6(16,17)3-8(20,21)10(24,25)11(26,27)9(22,23)7(18,19)2-5(14)15/h1-2H,3H2. The predicted molar refractivity (Wildman–Crippen MR) is 54.9 cm³/mol. The first kappa shape index (κ1) is 25.4. The third-order valence-corrected chi connectivity index (χ3v) is 2.74. The molecule has 0 aromatic heterocycles. The molecule has 0 radical (unpaired) electrons. The molecule has 0 unspecified atom stereocenters. The Morgan fingerprint density at radius 2 is 0.889 bits per heavy atom. The molecule has 0 N–H and O–H groups in total. The van der Waals surface area contributed by atoms with E-state index in [1.807, 2.05) is 0 Å². The van der Waals surface area contributed by atoms with Crippen LogP contribution in [0.3, 0.4) is 0 Å². The topological polar surface area (TPSA) is 0 Å². The zero-order valence-corrected chi connectivity index (χ0v) is 11.9. The van der Waals surface area contributed by atoms with Crippen molar-refractivity contribution in [3.8, 4) is 0 Å². The number of rotatable bonds is 8.